The molecule has 0 unspecified atom stereocenters. The van der Waals surface area contributed by atoms with Crippen molar-refractivity contribution < 1.29 is 22.7 Å². The number of imidazole rings is 1. The molecule has 0 N–H and O–H groups in total. The van der Waals surface area contributed by atoms with Gasteiger partial charge in [-0.1, -0.05) is 0 Å². The van der Waals surface area contributed by atoms with Crippen molar-refractivity contribution in [3.05, 3.63) is 18.2 Å². The van der Waals surface area contributed by atoms with Crippen molar-refractivity contribution in [2.24, 2.45) is 13.0 Å². The minimum absolute atomic E-state index is 0.0200. The summed E-state index contributed by atoms with van der Waals surface area (Å²) in [6, 6.07) is 0. The van der Waals surface area contributed by atoms with E-state index >= 15 is 0 Å². The first-order valence-electron chi connectivity index (χ1n) is 8.73. The number of amides is 1. The fraction of sp³-hybridized carbons (Fsp3) is 0.750. The van der Waals surface area contributed by atoms with E-state index in [1.807, 2.05) is 17.8 Å². The van der Waals surface area contributed by atoms with Crippen molar-refractivity contribution in [1.82, 2.24) is 18.8 Å². The van der Waals surface area contributed by atoms with E-state index in [1.165, 1.54) is 11.4 Å². The number of carbonyl (C=O) groups is 1. The van der Waals surface area contributed by atoms with E-state index in [9.17, 15) is 13.2 Å². The topological polar surface area (TPSA) is 94.0 Å². The molecule has 26 heavy (non-hydrogen) atoms. The molecule has 1 aromatic heterocycles. The van der Waals surface area contributed by atoms with Crippen LogP contribution in [-0.2, 0) is 31.3 Å². The Morgan fingerprint density at radius 2 is 2.08 bits per heavy atom. The largest absolute Gasteiger partial charge is 0.384 e. The molecule has 3 heterocycles. The van der Waals surface area contributed by atoms with Crippen molar-refractivity contribution >= 4 is 15.9 Å². The van der Waals surface area contributed by atoms with Crippen LogP contribution in [0.25, 0.3) is 0 Å². The van der Waals surface area contributed by atoms with Gasteiger partial charge in [-0.2, -0.15) is 0 Å². The average molecular weight is 386 g/mol. The zero-order valence-corrected chi connectivity index (χ0v) is 16.0. The van der Waals surface area contributed by atoms with Crippen LogP contribution < -0.4 is 0 Å². The molecule has 1 aromatic rings. The van der Waals surface area contributed by atoms with Crippen LogP contribution in [0.1, 0.15) is 11.6 Å². The molecule has 2 saturated heterocycles. The van der Waals surface area contributed by atoms with Gasteiger partial charge in [-0.15, -0.1) is 0 Å². The smallest absolute Gasteiger partial charge is 0.227 e. The van der Waals surface area contributed by atoms with Gasteiger partial charge in [-0.05, 0) is 0 Å². The Bertz CT molecular complexity index is 729. The Kier molecular flexibility index (Phi) is 5.96. The average Bonchev–Trinajstić information content (AvgIpc) is 3.27. The summed E-state index contributed by atoms with van der Waals surface area (Å²) in [5.41, 5.74) is 0.753. The van der Waals surface area contributed by atoms with E-state index in [4.69, 9.17) is 9.47 Å². The lowest BCUT2D eigenvalue weighted by Gasteiger charge is -2.30. The first kappa shape index (κ1) is 19.3. The number of morpholine rings is 1. The molecule has 0 saturated carbocycles. The summed E-state index contributed by atoms with van der Waals surface area (Å²) in [6.07, 6.45) is 3.53. The molecule has 0 radical (unpaired) electrons. The molecule has 146 valence electrons. The number of sulfonamides is 1. The summed E-state index contributed by atoms with van der Waals surface area (Å²) in [7, 11) is -0.143. The maximum Gasteiger partial charge on any atom is 0.227 e. The number of hydrogen-bond donors (Lipinski definition) is 0. The third-order valence-corrected chi connectivity index (χ3v) is 6.74. The lowest BCUT2D eigenvalue weighted by Crippen LogP contribution is -2.45. The summed E-state index contributed by atoms with van der Waals surface area (Å²) >= 11 is 0. The Morgan fingerprint density at radius 1 is 1.35 bits per heavy atom. The first-order chi connectivity index (χ1) is 12.4. The predicted molar refractivity (Wildman–Crippen MR) is 94.1 cm³/mol. The van der Waals surface area contributed by atoms with Crippen LogP contribution in [0.5, 0.6) is 0 Å². The minimum Gasteiger partial charge on any atom is -0.384 e. The Hall–Kier alpha value is -1.49. The van der Waals surface area contributed by atoms with Crippen LogP contribution >= 0.6 is 0 Å². The number of ether oxygens (including phenoxy) is 2. The highest BCUT2D eigenvalue weighted by Crippen LogP contribution is 2.34. The Balaban J connectivity index is 1.82. The highest BCUT2D eigenvalue weighted by molar-refractivity contribution is 7.89. The molecule has 0 aliphatic carbocycles. The van der Waals surface area contributed by atoms with Crippen molar-refractivity contribution in [1.29, 1.82) is 0 Å². The molecular formula is C16H26N4O5S. The molecule has 0 spiro atoms. The fourth-order valence-electron chi connectivity index (χ4n) is 3.51. The number of hydrogen-bond acceptors (Lipinski definition) is 6. The van der Waals surface area contributed by atoms with Gasteiger partial charge in [-0.25, -0.2) is 17.7 Å². The molecular weight excluding hydrogens is 360 g/mol. The Labute approximate surface area is 153 Å². The molecule has 1 amide bonds. The van der Waals surface area contributed by atoms with Gasteiger partial charge in [0, 0.05) is 52.5 Å². The maximum atomic E-state index is 13.1. The van der Waals surface area contributed by atoms with Gasteiger partial charge in [0.05, 0.1) is 43.5 Å². The van der Waals surface area contributed by atoms with Crippen LogP contribution in [0, 0.1) is 5.92 Å². The molecule has 2 aliphatic heterocycles. The second-order valence-electron chi connectivity index (χ2n) is 6.74. The standard InChI is InChI=1S/C16H26N4O5S/c1-18-11-15(17-12-18)13-9-20(26(22,23)8-7-24-2)10-14(13)16(21)19-3-5-25-6-4-19/h11-14H,3-10H2,1-2H3/t13-,14-/m1/s1. The number of nitrogens with zero attached hydrogens (tertiary/aromatic N) is 4. The zero-order valence-electron chi connectivity index (χ0n) is 15.2. The summed E-state index contributed by atoms with van der Waals surface area (Å²) in [4.78, 5) is 19.2. The van der Waals surface area contributed by atoms with Gasteiger partial charge in [0.25, 0.3) is 0 Å². The zero-order chi connectivity index (χ0) is 18.7. The van der Waals surface area contributed by atoms with E-state index < -0.39 is 15.9 Å². The maximum absolute atomic E-state index is 13.1. The summed E-state index contributed by atoms with van der Waals surface area (Å²) in [6.45, 7) is 2.70. The third-order valence-electron chi connectivity index (χ3n) is 4.97. The van der Waals surface area contributed by atoms with Gasteiger partial charge < -0.3 is 18.9 Å². The van der Waals surface area contributed by atoms with E-state index in [-0.39, 0.29) is 37.3 Å². The molecule has 2 atom stereocenters. The second kappa shape index (κ2) is 8.03. The molecule has 10 heteroatoms. The highest BCUT2D eigenvalue weighted by Gasteiger charge is 2.45. The summed E-state index contributed by atoms with van der Waals surface area (Å²) in [5, 5.41) is 0. The van der Waals surface area contributed by atoms with Gasteiger partial charge in [0.2, 0.25) is 15.9 Å². The van der Waals surface area contributed by atoms with Crippen LogP contribution in [0.15, 0.2) is 12.5 Å². The van der Waals surface area contributed by atoms with Gasteiger partial charge >= 0.3 is 0 Å². The van der Waals surface area contributed by atoms with Crippen molar-refractivity contribution in [3.8, 4) is 0 Å². The van der Waals surface area contributed by atoms with Gasteiger partial charge in [-0.3, -0.25) is 4.79 Å². The summed E-state index contributed by atoms with van der Waals surface area (Å²) in [5.74, 6) is -0.783. The molecule has 3 rings (SSSR count). The molecule has 9 nitrogen and oxygen atoms in total. The number of aryl methyl sites for hydroxylation is 1. The normalized spacial score (nSPS) is 24.9. The fourth-order valence-corrected chi connectivity index (χ4v) is 4.92. The van der Waals surface area contributed by atoms with E-state index in [2.05, 4.69) is 4.98 Å². The highest BCUT2D eigenvalue weighted by atomic mass is 32.2. The second-order valence-corrected chi connectivity index (χ2v) is 8.83. The number of aromatic nitrogens is 2. The van der Waals surface area contributed by atoms with Crippen molar-refractivity contribution in [3.63, 3.8) is 0 Å². The lowest BCUT2D eigenvalue weighted by molar-refractivity contribution is -0.139. The van der Waals surface area contributed by atoms with Crippen LogP contribution in [0.4, 0.5) is 0 Å². The molecule has 0 aromatic carbocycles. The molecule has 0 bridgehead atoms. The lowest BCUT2D eigenvalue weighted by atomic mass is 9.92. The van der Waals surface area contributed by atoms with Gasteiger partial charge in [0.15, 0.2) is 0 Å². The SMILES string of the molecule is COCCS(=O)(=O)N1C[C@@H](C(=O)N2CCOCC2)[C@H](c2cn(C)cn2)C1. The van der Waals surface area contributed by atoms with Gasteiger partial charge in [0.1, 0.15) is 0 Å². The minimum atomic E-state index is -3.48. The number of rotatable bonds is 6. The number of methoxy groups -OCH3 is 1. The molecule has 2 fully saturated rings. The quantitative estimate of drug-likeness (QED) is 0.640. The summed E-state index contributed by atoms with van der Waals surface area (Å²) < 4.78 is 38.6. The van der Waals surface area contributed by atoms with Crippen LogP contribution in [0.2, 0.25) is 0 Å². The molecule has 2 aliphatic rings. The Morgan fingerprint density at radius 3 is 2.69 bits per heavy atom. The van der Waals surface area contributed by atoms with E-state index in [1.54, 1.807) is 11.2 Å². The predicted octanol–water partition coefficient (Wildman–Crippen LogP) is -0.729. The van der Waals surface area contributed by atoms with E-state index in [0.29, 0.717) is 26.3 Å². The van der Waals surface area contributed by atoms with E-state index in [0.717, 1.165) is 5.69 Å². The first-order valence-corrected chi connectivity index (χ1v) is 10.3. The number of carbonyl (C=O) groups excluding carboxylic acids is 1. The monoisotopic (exact) mass is 386 g/mol. The van der Waals surface area contributed by atoms with Crippen LogP contribution in [-0.4, -0.2) is 91.9 Å². The van der Waals surface area contributed by atoms with Crippen molar-refractivity contribution in [2.45, 2.75) is 5.92 Å². The van der Waals surface area contributed by atoms with Crippen molar-refractivity contribution in [2.75, 3.05) is 58.9 Å². The third kappa shape index (κ3) is 4.08. The van der Waals surface area contributed by atoms with Crippen LogP contribution in [0.3, 0.4) is 0 Å².